The van der Waals surface area contributed by atoms with Gasteiger partial charge in [0.15, 0.2) is 0 Å². The molecule has 0 aliphatic rings. The number of benzene rings is 1. The molecule has 0 unspecified atom stereocenters. The molecule has 52 valence electrons. The van der Waals surface area contributed by atoms with Crippen LogP contribution in [0.5, 0.6) is 5.75 Å². The summed E-state index contributed by atoms with van der Waals surface area (Å²) in [7, 11) is 0. The van der Waals surface area contributed by atoms with Gasteiger partial charge < -0.3 is 10.5 Å². The summed E-state index contributed by atoms with van der Waals surface area (Å²) in [4.78, 5) is 0. The zero-order valence-corrected chi connectivity index (χ0v) is 5.89. The first-order valence-corrected chi connectivity index (χ1v) is 3.11. The predicted octanol–water partition coefficient (Wildman–Crippen LogP) is 2.04. The summed E-state index contributed by atoms with van der Waals surface area (Å²) in [5.41, 5.74) is 0.438. The van der Waals surface area contributed by atoms with Crippen molar-refractivity contribution in [3.05, 3.63) is 28.8 Å². The van der Waals surface area contributed by atoms with Gasteiger partial charge in [-0.15, -0.1) is 0 Å². The van der Waals surface area contributed by atoms with Crippen LogP contribution in [-0.4, -0.2) is 11.3 Å². The Morgan fingerprint density at radius 2 is 2.20 bits per heavy atom. The van der Waals surface area contributed by atoms with E-state index in [4.69, 9.17) is 22.1 Å². The highest BCUT2D eigenvalue weighted by Gasteiger charge is 2.00. The Kier molecular flexibility index (Phi) is 1.92. The minimum Gasteiger partial charge on any atom is -0.506 e. The van der Waals surface area contributed by atoms with E-state index in [2.05, 4.69) is 0 Å². The maximum absolute atomic E-state index is 9.11. The van der Waals surface area contributed by atoms with E-state index in [-0.39, 0.29) is 10.8 Å². The second-order valence-corrected chi connectivity index (χ2v) is 2.23. The van der Waals surface area contributed by atoms with Crippen LogP contribution in [0.15, 0.2) is 18.2 Å². The van der Waals surface area contributed by atoms with E-state index in [1.165, 1.54) is 0 Å². The molecule has 2 N–H and O–H groups in total. The van der Waals surface area contributed by atoms with Crippen molar-refractivity contribution in [3.8, 4) is 5.75 Å². The van der Waals surface area contributed by atoms with E-state index in [0.29, 0.717) is 5.56 Å². The summed E-state index contributed by atoms with van der Waals surface area (Å²) in [5, 5.41) is 16.2. The van der Waals surface area contributed by atoms with Gasteiger partial charge in [-0.2, -0.15) is 0 Å². The van der Waals surface area contributed by atoms with Crippen molar-refractivity contribution in [2.45, 2.75) is 0 Å². The molecule has 0 heterocycles. The quantitative estimate of drug-likeness (QED) is 0.599. The molecule has 0 aliphatic carbocycles. The van der Waals surface area contributed by atoms with Crippen molar-refractivity contribution in [3.63, 3.8) is 0 Å². The smallest absolute Gasteiger partial charge is 0.142 e. The highest BCUT2D eigenvalue weighted by molar-refractivity contribution is 6.32. The van der Waals surface area contributed by atoms with E-state index in [9.17, 15) is 0 Å². The molecule has 0 radical (unpaired) electrons. The van der Waals surface area contributed by atoms with Crippen molar-refractivity contribution in [2.24, 2.45) is 0 Å². The molecule has 0 bridgehead atoms. The Balaban J connectivity index is 3.27. The highest BCUT2D eigenvalue weighted by Crippen LogP contribution is 2.24. The Morgan fingerprint density at radius 3 is 2.70 bits per heavy atom. The molecule has 0 atom stereocenters. The summed E-state index contributed by atoms with van der Waals surface area (Å²) in [6.45, 7) is 0. The number of phenolic OH excluding ortho intramolecular Hbond substituents is 1. The molecule has 0 aromatic heterocycles. The Morgan fingerprint density at radius 1 is 1.50 bits per heavy atom. The van der Waals surface area contributed by atoms with Gasteiger partial charge in [0.2, 0.25) is 0 Å². The van der Waals surface area contributed by atoms with E-state index in [0.717, 1.165) is 6.21 Å². The van der Waals surface area contributed by atoms with Crippen LogP contribution in [0.4, 0.5) is 0 Å². The number of halogens is 1. The van der Waals surface area contributed by atoms with Crippen molar-refractivity contribution in [2.75, 3.05) is 0 Å². The molecule has 0 fully saturated rings. The number of hydrogen-bond acceptors (Lipinski definition) is 2. The topological polar surface area (TPSA) is 44.1 Å². The van der Waals surface area contributed by atoms with Crippen molar-refractivity contribution in [1.82, 2.24) is 0 Å². The fourth-order valence-electron chi connectivity index (χ4n) is 0.648. The molecular formula is C7H6ClNO. The van der Waals surface area contributed by atoms with Gasteiger partial charge in [0.25, 0.3) is 0 Å². The average Bonchev–Trinajstić information content (AvgIpc) is 1.95. The molecule has 0 amide bonds. The van der Waals surface area contributed by atoms with Crippen molar-refractivity contribution in [1.29, 1.82) is 5.41 Å². The highest BCUT2D eigenvalue weighted by atomic mass is 35.5. The minimum atomic E-state index is -0.0285. The molecular weight excluding hydrogens is 150 g/mol. The van der Waals surface area contributed by atoms with Crippen LogP contribution in [0.3, 0.4) is 0 Å². The number of rotatable bonds is 1. The zero-order chi connectivity index (χ0) is 7.56. The van der Waals surface area contributed by atoms with Gasteiger partial charge in [0.05, 0.1) is 5.02 Å². The summed E-state index contributed by atoms with van der Waals surface area (Å²) in [5.74, 6) is -0.0285. The standard InChI is InChI=1S/C7H6ClNO/c8-6-3-1-2-5(4-9)7(6)10/h1-4,9-10H. The molecule has 1 rings (SSSR count). The minimum absolute atomic E-state index is 0.0285. The zero-order valence-electron chi connectivity index (χ0n) is 5.13. The first-order valence-electron chi connectivity index (χ1n) is 2.73. The first-order chi connectivity index (χ1) is 4.75. The Hall–Kier alpha value is -1.02. The third-order valence-corrected chi connectivity index (χ3v) is 1.48. The number of hydrogen-bond donors (Lipinski definition) is 2. The maximum Gasteiger partial charge on any atom is 0.142 e. The molecule has 3 heteroatoms. The number of nitrogens with one attached hydrogen (secondary N) is 1. The molecule has 10 heavy (non-hydrogen) atoms. The molecule has 0 saturated carbocycles. The van der Waals surface area contributed by atoms with E-state index >= 15 is 0 Å². The summed E-state index contributed by atoms with van der Waals surface area (Å²) >= 11 is 5.54. The van der Waals surface area contributed by atoms with Crippen LogP contribution in [0.1, 0.15) is 5.56 Å². The number of phenols is 1. The van der Waals surface area contributed by atoms with E-state index in [1.807, 2.05) is 0 Å². The lowest BCUT2D eigenvalue weighted by molar-refractivity contribution is 0.474. The summed E-state index contributed by atoms with van der Waals surface area (Å²) in [6, 6.07) is 4.88. The molecule has 0 saturated heterocycles. The average molecular weight is 156 g/mol. The summed E-state index contributed by atoms with van der Waals surface area (Å²) < 4.78 is 0. The second-order valence-electron chi connectivity index (χ2n) is 1.82. The van der Waals surface area contributed by atoms with Gasteiger partial charge in [0.1, 0.15) is 5.75 Å². The van der Waals surface area contributed by atoms with Gasteiger partial charge in [-0.1, -0.05) is 17.7 Å². The van der Waals surface area contributed by atoms with Gasteiger partial charge in [-0.25, -0.2) is 0 Å². The van der Waals surface area contributed by atoms with Gasteiger partial charge >= 0.3 is 0 Å². The third-order valence-electron chi connectivity index (χ3n) is 1.17. The van der Waals surface area contributed by atoms with Crippen LogP contribution < -0.4 is 0 Å². The molecule has 0 spiro atoms. The Labute approximate surface area is 63.6 Å². The third kappa shape index (κ3) is 1.11. The lowest BCUT2D eigenvalue weighted by Gasteiger charge is -1.97. The van der Waals surface area contributed by atoms with Crippen LogP contribution in [0.2, 0.25) is 5.02 Å². The van der Waals surface area contributed by atoms with E-state index < -0.39 is 0 Å². The van der Waals surface area contributed by atoms with Gasteiger partial charge in [-0.3, -0.25) is 0 Å². The summed E-state index contributed by atoms with van der Waals surface area (Å²) in [6.07, 6.45) is 1.06. The normalized spacial score (nSPS) is 9.30. The van der Waals surface area contributed by atoms with E-state index in [1.54, 1.807) is 18.2 Å². The lowest BCUT2D eigenvalue weighted by Crippen LogP contribution is -1.79. The SMILES string of the molecule is N=Cc1cccc(Cl)c1O. The largest absolute Gasteiger partial charge is 0.506 e. The first kappa shape index (κ1) is 7.09. The van der Waals surface area contributed by atoms with Crippen LogP contribution in [-0.2, 0) is 0 Å². The lowest BCUT2D eigenvalue weighted by atomic mass is 10.2. The monoisotopic (exact) mass is 155 g/mol. The van der Waals surface area contributed by atoms with Gasteiger partial charge in [0, 0.05) is 11.8 Å². The number of aromatic hydroxyl groups is 1. The van der Waals surface area contributed by atoms with Crippen molar-refractivity contribution < 1.29 is 5.11 Å². The molecule has 1 aromatic rings. The molecule has 2 nitrogen and oxygen atoms in total. The number of para-hydroxylation sites is 1. The van der Waals surface area contributed by atoms with Crippen LogP contribution in [0.25, 0.3) is 0 Å². The van der Waals surface area contributed by atoms with Crippen LogP contribution >= 0.6 is 11.6 Å². The van der Waals surface area contributed by atoms with Crippen LogP contribution in [0, 0.1) is 5.41 Å². The Bertz CT molecular complexity index is 260. The fourth-order valence-corrected chi connectivity index (χ4v) is 0.830. The predicted molar refractivity (Wildman–Crippen MR) is 41.0 cm³/mol. The molecule has 1 aromatic carbocycles. The second kappa shape index (κ2) is 2.71. The fraction of sp³-hybridized carbons (Fsp3) is 0. The van der Waals surface area contributed by atoms with Crippen molar-refractivity contribution >= 4 is 17.8 Å². The molecule has 0 aliphatic heterocycles. The maximum atomic E-state index is 9.11. The van der Waals surface area contributed by atoms with Gasteiger partial charge in [-0.05, 0) is 12.1 Å².